The summed E-state index contributed by atoms with van der Waals surface area (Å²) in [5.41, 5.74) is 2.17. The van der Waals surface area contributed by atoms with E-state index in [9.17, 15) is 10.2 Å². The van der Waals surface area contributed by atoms with E-state index in [2.05, 4.69) is 4.98 Å². The van der Waals surface area contributed by atoms with Gasteiger partial charge in [0.15, 0.2) is 0 Å². The van der Waals surface area contributed by atoms with Crippen molar-refractivity contribution >= 4 is 18.7 Å². The molecule has 6 nitrogen and oxygen atoms in total. The first-order valence-electron chi connectivity index (χ1n) is 8.06. The molecule has 3 rings (SSSR count). The van der Waals surface area contributed by atoms with E-state index >= 15 is 0 Å². The quantitative estimate of drug-likeness (QED) is 0.658. The lowest BCUT2D eigenvalue weighted by molar-refractivity contribution is -0.109. The molecule has 0 unspecified atom stereocenters. The smallest absolute Gasteiger partial charge is 0.439 e. The average Bonchev–Trinajstić information content (AvgIpc) is 2.94. The largest absolute Gasteiger partial charge is 0.491 e. The van der Waals surface area contributed by atoms with E-state index in [4.69, 9.17) is 9.39 Å². The van der Waals surface area contributed by atoms with Crippen molar-refractivity contribution < 1.29 is 19.6 Å². The zero-order valence-corrected chi connectivity index (χ0v) is 14.5. The highest BCUT2D eigenvalue weighted by molar-refractivity contribution is 6.61. The van der Waals surface area contributed by atoms with Gasteiger partial charge in [0.05, 0.1) is 12.1 Å². The number of rotatable bonds is 4. The molecular formula is C18H21BN2O4. The number of pyridine rings is 1. The van der Waals surface area contributed by atoms with Crippen LogP contribution in [0.1, 0.15) is 31.9 Å². The monoisotopic (exact) mass is 340 g/mol. The van der Waals surface area contributed by atoms with E-state index in [0.717, 1.165) is 21.7 Å². The van der Waals surface area contributed by atoms with E-state index in [0.29, 0.717) is 18.2 Å². The van der Waals surface area contributed by atoms with Crippen LogP contribution in [-0.2, 0) is 11.3 Å². The number of hydroxylamine groups is 2. The molecule has 1 aromatic heterocycles. The summed E-state index contributed by atoms with van der Waals surface area (Å²) in [7, 11) is -0.854. The van der Waals surface area contributed by atoms with Gasteiger partial charge in [-0.1, -0.05) is 6.07 Å². The number of benzene rings is 1. The van der Waals surface area contributed by atoms with Crippen LogP contribution < -0.4 is 10.2 Å². The molecule has 2 aromatic rings. The van der Waals surface area contributed by atoms with Crippen molar-refractivity contribution in [3.63, 3.8) is 0 Å². The summed E-state index contributed by atoms with van der Waals surface area (Å²) < 4.78 is 10.9. The van der Waals surface area contributed by atoms with Crippen molar-refractivity contribution in [1.29, 1.82) is 0 Å². The van der Waals surface area contributed by atoms with Gasteiger partial charge < -0.3 is 14.4 Å². The van der Waals surface area contributed by atoms with Crippen molar-refractivity contribution in [3.8, 4) is 11.6 Å². The summed E-state index contributed by atoms with van der Waals surface area (Å²) in [6, 6.07) is 9.03. The lowest BCUT2D eigenvalue weighted by atomic mass is 9.80. The van der Waals surface area contributed by atoms with Crippen LogP contribution in [-0.4, -0.2) is 32.9 Å². The summed E-state index contributed by atoms with van der Waals surface area (Å²) in [6.45, 7) is 6.10. The molecule has 2 N–H and O–H groups in total. The first-order chi connectivity index (χ1) is 11.8. The lowest BCUT2D eigenvalue weighted by Crippen LogP contribution is -2.34. The van der Waals surface area contributed by atoms with Gasteiger partial charge in [-0.3, -0.25) is 10.3 Å². The molecule has 0 atom stereocenters. The van der Waals surface area contributed by atoms with E-state index in [1.807, 2.05) is 32.9 Å². The number of hydrogen-bond donors (Lipinski definition) is 2. The first kappa shape index (κ1) is 17.5. The topological polar surface area (TPSA) is 75.1 Å². The van der Waals surface area contributed by atoms with Crippen LogP contribution in [0.2, 0.25) is 0 Å². The molecule has 2 heterocycles. The van der Waals surface area contributed by atoms with Gasteiger partial charge in [-0.05, 0) is 61.6 Å². The summed E-state index contributed by atoms with van der Waals surface area (Å²) in [5.74, 6) is 1.11. The van der Waals surface area contributed by atoms with Gasteiger partial charge in [-0.15, -0.1) is 0 Å². The molecule has 1 aliphatic heterocycles. The van der Waals surface area contributed by atoms with Crippen LogP contribution in [0.15, 0.2) is 42.7 Å². The van der Waals surface area contributed by atoms with Crippen molar-refractivity contribution in [2.45, 2.75) is 32.9 Å². The van der Waals surface area contributed by atoms with Gasteiger partial charge >= 0.3 is 7.12 Å². The second-order valence-corrected chi connectivity index (χ2v) is 6.89. The van der Waals surface area contributed by atoms with Gasteiger partial charge in [-0.25, -0.2) is 4.98 Å². The minimum Gasteiger partial charge on any atom is -0.439 e. The molecule has 1 aromatic carbocycles. The van der Waals surface area contributed by atoms with Crippen LogP contribution >= 0.6 is 0 Å². The maximum absolute atomic E-state index is 9.87. The standard InChI is InChI=1S/C18H21BN2O4/c1-18(2,3)21(23)9-8-13-4-7-17(20-11-13)25-15-5-6-16-14(10-15)12-24-19(16)22/h4-11,22-23H,12H2,1-3H3. The molecule has 0 bridgehead atoms. The highest BCUT2D eigenvalue weighted by Crippen LogP contribution is 2.22. The van der Waals surface area contributed by atoms with Crippen molar-refractivity contribution in [3.05, 3.63) is 53.9 Å². The van der Waals surface area contributed by atoms with Crippen LogP contribution in [0.5, 0.6) is 11.6 Å². The molecule has 7 heteroatoms. The Labute approximate surface area is 147 Å². The van der Waals surface area contributed by atoms with E-state index < -0.39 is 7.12 Å². The molecule has 0 radical (unpaired) electrons. The molecule has 0 fully saturated rings. The minimum absolute atomic E-state index is 0.363. The molecule has 25 heavy (non-hydrogen) atoms. The lowest BCUT2D eigenvalue weighted by Gasteiger charge is -2.27. The fourth-order valence-electron chi connectivity index (χ4n) is 2.32. The third kappa shape index (κ3) is 4.20. The third-order valence-corrected chi connectivity index (χ3v) is 3.85. The van der Waals surface area contributed by atoms with Crippen molar-refractivity contribution in [2.24, 2.45) is 0 Å². The van der Waals surface area contributed by atoms with Crippen LogP contribution in [0.3, 0.4) is 0 Å². The Bertz CT molecular complexity index is 772. The number of aromatic nitrogens is 1. The fourth-order valence-corrected chi connectivity index (χ4v) is 2.32. The molecular weight excluding hydrogens is 319 g/mol. The molecule has 1 aliphatic rings. The molecule has 0 amide bonds. The predicted octanol–water partition coefficient (Wildman–Crippen LogP) is 2.55. The summed E-state index contributed by atoms with van der Waals surface area (Å²) >= 11 is 0. The van der Waals surface area contributed by atoms with Crippen LogP contribution in [0.25, 0.3) is 6.08 Å². The Morgan fingerprint density at radius 1 is 1.28 bits per heavy atom. The zero-order valence-electron chi connectivity index (χ0n) is 14.5. The third-order valence-electron chi connectivity index (χ3n) is 3.85. The van der Waals surface area contributed by atoms with Crippen molar-refractivity contribution in [1.82, 2.24) is 10.0 Å². The first-order valence-corrected chi connectivity index (χ1v) is 8.06. The Morgan fingerprint density at radius 3 is 2.76 bits per heavy atom. The van der Waals surface area contributed by atoms with Crippen LogP contribution in [0, 0.1) is 0 Å². The van der Waals surface area contributed by atoms with Crippen molar-refractivity contribution in [2.75, 3.05) is 0 Å². The van der Waals surface area contributed by atoms with E-state index in [-0.39, 0.29) is 5.54 Å². The summed E-state index contributed by atoms with van der Waals surface area (Å²) in [5, 5.41) is 20.6. The number of fused-ring (bicyclic) bond motifs is 1. The van der Waals surface area contributed by atoms with Gasteiger partial charge in [0.1, 0.15) is 5.75 Å². The maximum Gasteiger partial charge on any atom is 0.491 e. The SMILES string of the molecule is CC(C)(C)N(O)C=Cc1ccc(Oc2ccc3c(c2)COB3O)nc1. The maximum atomic E-state index is 9.87. The Morgan fingerprint density at radius 2 is 2.08 bits per heavy atom. The highest BCUT2D eigenvalue weighted by Gasteiger charge is 2.27. The van der Waals surface area contributed by atoms with E-state index in [1.54, 1.807) is 36.7 Å². The number of nitrogens with zero attached hydrogens (tertiary/aromatic N) is 2. The summed E-state index contributed by atoms with van der Waals surface area (Å²) in [6.07, 6.45) is 5.04. The zero-order chi connectivity index (χ0) is 18.0. The molecule has 0 saturated heterocycles. The minimum atomic E-state index is -0.854. The highest BCUT2D eigenvalue weighted by atomic mass is 16.5. The van der Waals surface area contributed by atoms with Gasteiger partial charge in [0.25, 0.3) is 0 Å². The summed E-state index contributed by atoms with van der Waals surface area (Å²) in [4.78, 5) is 4.27. The normalized spacial score (nSPS) is 14.0. The molecule has 0 saturated carbocycles. The second-order valence-electron chi connectivity index (χ2n) is 6.89. The van der Waals surface area contributed by atoms with Gasteiger partial charge in [-0.2, -0.15) is 0 Å². The fraction of sp³-hybridized carbons (Fsp3) is 0.278. The Hall–Kier alpha value is -2.35. The molecule has 130 valence electrons. The Kier molecular flexibility index (Phi) is 4.81. The molecule has 0 aliphatic carbocycles. The number of hydrogen-bond acceptors (Lipinski definition) is 6. The van der Waals surface area contributed by atoms with Crippen LogP contribution in [0.4, 0.5) is 0 Å². The number of ether oxygens (including phenoxy) is 1. The van der Waals surface area contributed by atoms with E-state index in [1.165, 1.54) is 0 Å². The second kappa shape index (κ2) is 6.88. The Balaban J connectivity index is 1.66. The molecule has 0 spiro atoms. The van der Waals surface area contributed by atoms with Gasteiger partial charge in [0.2, 0.25) is 5.88 Å². The predicted molar refractivity (Wildman–Crippen MR) is 95.6 cm³/mol. The van der Waals surface area contributed by atoms with Gasteiger partial charge in [0, 0.05) is 18.5 Å². The average molecular weight is 340 g/mol.